The molecule has 1 aliphatic heterocycles. The van der Waals surface area contributed by atoms with E-state index < -0.39 is 0 Å². The lowest BCUT2D eigenvalue weighted by Gasteiger charge is -2.28. The van der Waals surface area contributed by atoms with E-state index in [1.54, 1.807) is 24.3 Å². The maximum Gasteiger partial charge on any atom is 0.248 e. The summed E-state index contributed by atoms with van der Waals surface area (Å²) in [6.45, 7) is 3.26. The zero-order valence-corrected chi connectivity index (χ0v) is 15.1. The second-order valence-electron chi connectivity index (χ2n) is 5.63. The Hall–Kier alpha value is -2.01. The number of benzene rings is 2. The number of halogens is 2. The minimum absolute atomic E-state index is 0.227. The van der Waals surface area contributed by atoms with E-state index in [-0.39, 0.29) is 5.91 Å². The number of carbonyl (C=O) groups excluding carboxylic acids is 1. The van der Waals surface area contributed by atoms with Crippen molar-refractivity contribution in [3.05, 3.63) is 64.1 Å². The van der Waals surface area contributed by atoms with Crippen LogP contribution in [0.3, 0.4) is 0 Å². The van der Waals surface area contributed by atoms with Crippen LogP contribution < -0.4 is 10.2 Å². The summed E-state index contributed by atoms with van der Waals surface area (Å²) in [5, 5.41) is 3.95. The van der Waals surface area contributed by atoms with Crippen molar-refractivity contribution in [1.82, 2.24) is 0 Å². The highest BCUT2D eigenvalue weighted by atomic mass is 35.5. The Kier molecular flexibility index (Phi) is 5.97. The third kappa shape index (κ3) is 4.98. The molecule has 0 unspecified atom stereocenters. The molecule has 1 N–H and O–H groups in total. The summed E-state index contributed by atoms with van der Waals surface area (Å²) >= 11 is 12.0. The SMILES string of the molecule is O=C(/C=C/c1cc(Cl)ccc1Cl)Nc1ccc(N2CCOCC2)cc1. The Morgan fingerprint density at radius 3 is 2.52 bits per heavy atom. The molecule has 0 aliphatic carbocycles. The number of nitrogens with zero attached hydrogens (tertiary/aromatic N) is 1. The van der Waals surface area contributed by atoms with Crippen LogP contribution in [0.2, 0.25) is 10.0 Å². The smallest absolute Gasteiger partial charge is 0.248 e. The highest BCUT2D eigenvalue weighted by molar-refractivity contribution is 6.34. The number of ether oxygens (including phenoxy) is 1. The van der Waals surface area contributed by atoms with Crippen LogP contribution in [0.4, 0.5) is 11.4 Å². The van der Waals surface area contributed by atoms with E-state index in [1.807, 2.05) is 24.3 Å². The van der Waals surface area contributed by atoms with Crippen molar-refractivity contribution in [3.8, 4) is 0 Å². The van der Waals surface area contributed by atoms with Gasteiger partial charge in [0.25, 0.3) is 0 Å². The Morgan fingerprint density at radius 1 is 1.08 bits per heavy atom. The number of nitrogens with one attached hydrogen (secondary N) is 1. The van der Waals surface area contributed by atoms with Crippen LogP contribution in [0.15, 0.2) is 48.5 Å². The van der Waals surface area contributed by atoms with Gasteiger partial charge in [0.1, 0.15) is 0 Å². The van der Waals surface area contributed by atoms with Gasteiger partial charge in [-0.1, -0.05) is 23.2 Å². The van der Waals surface area contributed by atoms with Gasteiger partial charge in [0.2, 0.25) is 5.91 Å². The van der Waals surface area contributed by atoms with E-state index in [0.717, 1.165) is 37.7 Å². The number of morpholine rings is 1. The zero-order valence-electron chi connectivity index (χ0n) is 13.5. The average Bonchev–Trinajstić information content (AvgIpc) is 2.64. The molecule has 6 heteroatoms. The lowest BCUT2D eigenvalue weighted by molar-refractivity contribution is -0.111. The Morgan fingerprint density at radius 2 is 1.80 bits per heavy atom. The van der Waals surface area contributed by atoms with E-state index >= 15 is 0 Å². The number of anilines is 2. The fraction of sp³-hybridized carbons (Fsp3) is 0.211. The summed E-state index contributed by atoms with van der Waals surface area (Å²) in [6.07, 6.45) is 3.08. The lowest BCUT2D eigenvalue weighted by Crippen LogP contribution is -2.36. The second-order valence-corrected chi connectivity index (χ2v) is 6.48. The fourth-order valence-corrected chi connectivity index (χ4v) is 2.93. The molecule has 25 heavy (non-hydrogen) atoms. The zero-order chi connectivity index (χ0) is 17.6. The van der Waals surface area contributed by atoms with Gasteiger partial charge in [-0.05, 0) is 54.1 Å². The van der Waals surface area contributed by atoms with Crippen LogP contribution in [-0.4, -0.2) is 32.2 Å². The molecule has 1 saturated heterocycles. The van der Waals surface area contributed by atoms with E-state index in [4.69, 9.17) is 27.9 Å². The monoisotopic (exact) mass is 376 g/mol. The number of carbonyl (C=O) groups is 1. The third-order valence-corrected chi connectivity index (χ3v) is 4.46. The first-order valence-electron chi connectivity index (χ1n) is 7.99. The molecule has 4 nitrogen and oxygen atoms in total. The quantitative estimate of drug-likeness (QED) is 0.799. The highest BCUT2D eigenvalue weighted by Gasteiger charge is 2.10. The largest absolute Gasteiger partial charge is 0.378 e. The highest BCUT2D eigenvalue weighted by Crippen LogP contribution is 2.22. The molecule has 2 aromatic rings. The molecule has 2 aromatic carbocycles. The van der Waals surface area contributed by atoms with E-state index in [2.05, 4.69) is 10.2 Å². The van der Waals surface area contributed by atoms with Crippen LogP contribution >= 0.6 is 23.2 Å². The maximum absolute atomic E-state index is 12.1. The van der Waals surface area contributed by atoms with Crippen molar-refractivity contribution in [2.24, 2.45) is 0 Å². The van der Waals surface area contributed by atoms with Crippen molar-refractivity contribution < 1.29 is 9.53 Å². The molecule has 3 rings (SSSR count). The van der Waals surface area contributed by atoms with Gasteiger partial charge in [-0.2, -0.15) is 0 Å². The minimum Gasteiger partial charge on any atom is -0.378 e. The molecular weight excluding hydrogens is 359 g/mol. The topological polar surface area (TPSA) is 41.6 Å². The number of hydrogen-bond acceptors (Lipinski definition) is 3. The van der Waals surface area contributed by atoms with Gasteiger partial charge in [0.05, 0.1) is 13.2 Å². The Labute approximate surface area is 157 Å². The van der Waals surface area contributed by atoms with Crippen molar-refractivity contribution in [3.63, 3.8) is 0 Å². The summed E-state index contributed by atoms with van der Waals surface area (Å²) in [6, 6.07) is 12.9. The van der Waals surface area contributed by atoms with Gasteiger partial charge in [-0.15, -0.1) is 0 Å². The minimum atomic E-state index is -0.227. The molecule has 1 amide bonds. The molecule has 0 atom stereocenters. The van der Waals surface area contributed by atoms with E-state index in [9.17, 15) is 4.79 Å². The van der Waals surface area contributed by atoms with Crippen molar-refractivity contribution in [2.75, 3.05) is 36.5 Å². The normalized spacial score (nSPS) is 14.7. The van der Waals surface area contributed by atoms with E-state index in [1.165, 1.54) is 6.08 Å². The first-order valence-corrected chi connectivity index (χ1v) is 8.74. The molecule has 1 heterocycles. The summed E-state index contributed by atoms with van der Waals surface area (Å²) in [5.74, 6) is -0.227. The Bertz CT molecular complexity index is 769. The lowest BCUT2D eigenvalue weighted by atomic mass is 10.2. The predicted molar refractivity (Wildman–Crippen MR) is 104 cm³/mol. The summed E-state index contributed by atoms with van der Waals surface area (Å²) in [4.78, 5) is 14.3. The third-order valence-electron chi connectivity index (χ3n) is 3.88. The van der Waals surface area contributed by atoms with Crippen LogP contribution in [-0.2, 0) is 9.53 Å². The Balaban J connectivity index is 1.60. The molecular formula is C19H18Cl2N2O2. The summed E-state index contributed by atoms with van der Waals surface area (Å²) < 4.78 is 5.35. The van der Waals surface area contributed by atoms with Crippen molar-refractivity contribution in [2.45, 2.75) is 0 Å². The fourth-order valence-electron chi connectivity index (χ4n) is 2.57. The molecule has 1 fully saturated rings. The molecule has 130 valence electrons. The maximum atomic E-state index is 12.1. The van der Waals surface area contributed by atoms with Gasteiger partial charge in [-0.3, -0.25) is 4.79 Å². The van der Waals surface area contributed by atoms with Gasteiger partial charge in [0.15, 0.2) is 0 Å². The molecule has 0 spiro atoms. The average molecular weight is 377 g/mol. The van der Waals surface area contributed by atoms with Crippen LogP contribution in [0, 0.1) is 0 Å². The summed E-state index contributed by atoms with van der Waals surface area (Å²) in [5.41, 5.74) is 2.57. The molecule has 0 radical (unpaired) electrons. The number of hydrogen-bond donors (Lipinski definition) is 1. The second kappa shape index (κ2) is 8.39. The molecule has 0 aromatic heterocycles. The van der Waals surface area contributed by atoms with Gasteiger partial charge >= 0.3 is 0 Å². The molecule has 1 aliphatic rings. The standard InChI is InChI=1S/C19H18Cl2N2O2/c20-15-2-7-18(21)14(13-15)1-8-19(24)22-16-3-5-17(6-4-16)23-9-11-25-12-10-23/h1-8,13H,9-12H2,(H,22,24)/b8-1+. The molecule has 0 saturated carbocycles. The van der Waals surface area contributed by atoms with Crippen LogP contribution in [0.25, 0.3) is 6.08 Å². The number of rotatable bonds is 4. The van der Waals surface area contributed by atoms with Crippen molar-refractivity contribution >= 4 is 46.6 Å². The predicted octanol–water partition coefficient (Wildman–Crippen LogP) is 4.48. The van der Waals surface area contributed by atoms with Crippen LogP contribution in [0.1, 0.15) is 5.56 Å². The van der Waals surface area contributed by atoms with Crippen molar-refractivity contribution in [1.29, 1.82) is 0 Å². The first kappa shape index (κ1) is 17.8. The van der Waals surface area contributed by atoms with Crippen LogP contribution in [0.5, 0.6) is 0 Å². The number of amides is 1. The van der Waals surface area contributed by atoms with E-state index in [0.29, 0.717) is 15.6 Å². The first-order chi connectivity index (χ1) is 12.1. The molecule has 0 bridgehead atoms. The van der Waals surface area contributed by atoms with Gasteiger partial charge in [0, 0.05) is 40.6 Å². The summed E-state index contributed by atoms with van der Waals surface area (Å²) in [7, 11) is 0. The van der Waals surface area contributed by atoms with Gasteiger partial charge < -0.3 is 15.0 Å². The van der Waals surface area contributed by atoms with Gasteiger partial charge in [-0.25, -0.2) is 0 Å².